The van der Waals surface area contributed by atoms with Crippen LogP contribution in [0.1, 0.15) is 12.1 Å². The van der Waals surface area contributed by atoms with Crippen molar-refractivity contribution in [1.29, 1.82) is 0 Å². The molecule has 5 nitrogen and oxygen atoms in total. The second-order valence-electron chi connectivity index (χ2n) is 4.48. The van der Waals surface area contributed by atoms with Crippen LogP contribution in [0.25, 0.3) is 5.78 Å². The molecule has 2 aromatic rings. The Balaban J connectivity index is 2.02. The molecule has 1 saturated heterocycles. The molecule has 0 N–H and O–H groups in total. The van der Waals surface area contributed by atoms with Crippen molar-refractivity contribution < 1.29 is 0 Å². The van der Waals surface area contributed by atoms with Crippen molar-refractivity contribution in [3.05, 3.63) is 18.1 Å². The fraction of sp³-hybridized carbons (Fsp3) is 0.545. The zero-order valence-electron chi connectivity index (χ0n) is 9.67. The van der Waals surface area contributed by atoms with Crippen LogP contribution < -0.4 is 4.90 Å². The lowest BCUT2D eigenvalue weighted by Crippen LogP contribution is -2.23. The van der Waals surface area contributed by atoms with Crippen molar-refractivity contribution in [3.63, 3.8) is 0 Å². The molecule has 3 heterocycles. The van der Waals surface area contributed by atoms with Crippen LogP contribution in [0.3, 0.4) is 0 Å². The highest BCUT2D eigenvalue weighted by atomic mass is 35.5. The predicted molar refractivity (Wildman–Crippen MR) is 66.6 cm³/mol. The predicted octanol–water partition coefficient (Wildman–Crippen LogP) is 1.50. The molecule has 0 aliphatic carbocycles. The Morgan fingerprint density at radius 2 is 2.41 bits per heavy atom. The summed E-state index contributed by atoms with van der Waals surface area (Å²) in [5, 5.41) is 4.22. The van der Waals surface area contributed by atoms with E-state index in [9.17, 15) is 0 Å². The molecule has 1 aliphatic heterocycles. The zero-order chi connectivity index (χ0) is 11.8. The number of halogens is 1. The fourth-order valence-electron chi connectivity index (χ4n) is 2.30. The highest BCUT2D eigenvalue weighted by Crippen LogP contribution is 2.24. The smallest absolute Gasteiger partial charge is 0.254 e. The average molecular weight is 252 g/mol. The van der Waals surface area contributed by atoms with Gasteiger partial charge in [-0.1, -0.05) is 0 Å². The van der Waals surface area contributed by atoms with E-state index in [2.05, 4.69) is 26.0 Å². The summed E-state index contributed by atoms with van der Waals surface area (Å²) in [7, 11) is 0. The first-order valence-electron chi connectivity index (χ1n) is 5.76. The van der Waals surface area contributed by atoms with Crippen LogP contribution in [0, 0.1) is 12.8 Å². The van der Waals surface area contributed by atoms with E-state index in [0.29, 0.717) is 11.7 Å². The summed E-state index contributed by atoms with van der Waals surface area (Å²) >= 11 is 5.92. The van der Waals surface area contributed by atoms with Gasteiger partial charge in [-0.15, -0.1) is 11.6 Å². The van der Waals surface area contributed by atoms with Crippen LogP contribution in [0.2, 0.25) is 0 Å². The van der Waals surface area contributed by atoms with Crippen LogP contribution in [0.4, 0.5) is 5.82 Å². The highest BCUT2D eigenvalue weighted by Gasteiger charge is 2.24. The summed E-state index contributed by atoms with van der Waals surface area (Å²) in [4.78, 5) is 10.8. The molecule has 6 heteroatoms. The van der Waals surface area contributed by atoms with Crippen molar-refractivity contribution in [2.45, 2.75) is 13.3 Å². The molecule has 0 amide bonds. The monoisotopic (exact) mass is 251 g/mol. The Bertz CT molecular complexity index is 538. The van der Waals surface area contributed by atoms with E-state index < -0.39 is 0 Å². The molecular formula is C11H14ClN5. The molecule has 90 valence electrons. The third-order valence-corrected chi connectivity index (χ3v) is 3.63. The molecule has 3 rings (SSSR count). The molecule has 1 unspecified atom stereocenters. The Hall–Kier alpha value is -1.36. The van der Waals surface area contributed by atoms with Crippen LogP contribution in [0.5, 0.6) is 0 Å². The molecule has 0 aromatic carbocycles. The molecule has 1 aliphatic rings. The quantitative estimate of drug-likeness (QED) is 0.759. The highest BCUT2D eigenvalue weighted by molar-refractivity contribution is 6.18. The van der Waals surface area contributed by atoms with E-state index in [0.717, 1.165) is 36.9 Å². The van der Waals surface area contributed by atoms with E-state index >= 15 is 0 Å². The van der Waals surface area contributed by atoms with E-state index in [-0.39, 0.29) is 0 Å². The molecule has 2 aromatic heterocycles. The first-order chi connectivity index (χ1) is 8.28. The van der Waals surface area contributed by atoms with Gasteiger partial charge in [-0.25, -0.2) is 4.98 Å². The lowest BCUT2D eigenvalue weighted by Gasteiger charge is -2.19. The minimum atomic E-state index is 0.573. The number of hydrogen-bond acceptors (Lipinski definition) is 4. The summed E-state index contributed by atoms with van der Waals surface area (Å²) in [5.74, 6) is 3.02. The Morgan fingerprint density at radius 1 is 1.53 bits per heavy atom. The van der Waals surface area contributed by atoms with Gasteiger partial charge in [-0.3, -0.25) is 0 Å². The molecule has 1 atom stereocenters. The van der Waals surface area contributed by atoms with E-state index in [1.165, 1.54) is 0 Å². The standard InChI is InChI=1S/C11H14ClN5/c1-8-4-10(16-3-2-9(5-12)6-16)17-11(15-8)13-7-14-17/h4,7,9H,2-3,5-6H2,1H3. The summed E-state index contributed by atoms with van der Waals surface area (Å²) in [6.45, 7) is 3.99. The topological polar surface area (TPSA) is 46.3 Å². The van der Waals surface area contributed by atoms with Gasteiger partial charge >= 0.3 is 0 Å². The van der Waals surface area contributed by atoms with Crippen LogP contribution in [-0.2, 0) is 0 Å². The second kappa shape index (κ2) is 4.14. The van der Waals surface area contributed by atoms with Gasteiger partial charge in [0.2, 0.25) is 0 Å². The van der Waals surface area contributed by atoms with Gasteiger partial charge in [-0.05, 0) is 19.3 Å². The number of fused-ring (bicyclic) bond motifs is 1. The minimum absolute atomic E-state index is 0.573. The van der Waals surface area contributed by atoms with Gasteiger partial charge in [0.15, 0.2) is 0 Å². The number of anilines is 1. The van der Waals surface area contributed by atoms with Gasteiger partial charge in [0.05, 0.1) is 0 Å². The number of aromatic nitrogens is 4. The lowest BCUT2D eigenvalue weighted by molar-refractivity contribution is 0.665. The average Bonchev–Trinajstić information content (AvgIpc) is 2.95. The van der Waals surface area contributed by atoms with Crippen molar-refractivity contribution in [2.75, 3.05) is 23.9 Å². The lowest BCUT2D eigenvalue weighted by atomic mass is 10.2. The SMILES string of the molecule is Cc1cc(N2CCC(CCl)C2)n2ncnc2n1. The second-order valence-corrected chi connectivity index (χ2v) is 4.79. The van der Waals surface area contributed by atoms with Crippen LogP contribution in [0.15, 0.2) is 12.4 Å². The molecular weight excluding hydrogens is 238 g/mol. The van der Waals surface area contributed by atoms with Gasteiger partial charge in [0.1, 0.15) is 12.1 Å². The first-order valence-corrected chi connectivity index (χ1v) is 6.29. The number of nitrogens with zero attached hydrogens (tertiary/aromatic N) is 5. The minimum Gasteiger partial charge on any atom is -0.356 e. The number of aryl methyl sites for hydroxylation is 1. The van der Waals surface area contributed by atoms with Crippen LogP contribution >= 0.6 is 11.6 Å². The van der Waals surface area contributed by atoms with E-state index in [4.69, 9.17) is 11.6 Å². The maximum atomic E-state index is 5.92. The Morgan fingerprint density at radius 3 is 3.18 bits per heavy atom. The molecule has 17 heavy (non-hydrogen) atoms. The van der Waals surface area contributed by atoms with E-state index in [1.54, 1.807) is 10.8 Å². The van der Waals surface area contributed by atoms with Crippen molar-refractivity contribution >= 4 is 23.2 Å². The van der Waals surface area contributed by atoms with Gasteiger partial charge < -0.3 is 4.90 Å². The van der Waals surface area contributed by atoms with Gasteiger partial charge in [0.25, 0.3) is 5.78 Å². The molecule has 1 fully saturated rings. The summed E-state index contributed by atoms with van der Waals surface area (Å²) in [5.41, 5.74) is 0.967. The van der Waals surface area contributed by atoms with Gasteiger partial charge in [-0.2, -0.15) is 14.6 Å². The molecule has 0 saturated carbocycles. The maximum Gasteiger partial charge on any atom is 0.254 e. The fourth-order valence-corrected chi connectivity index (χ4v) is 2.56. The number of alkyl halides is 1. The summed E-state index contributed by atoms with van der Waals surface area (Å²) < 4.78 is 1.80. The third-order valence-electron chi connectivity index (χ3n) is 3.19. The Labute approximate surface area is 104 Å². The zero-order valence-corrected chi connectivity index (χ0v) is 10.4. The largest absolute Gasteiger partial charge is 0.356 e. The van der Waals surface area contributed by atoms with Crippen LogP contribution in [-0.4, -0.2) is 38.6 Å². The van der Waals surface area contributed by atoms with E-state index in [1.807, 2.05) is 6.92 Å². The number of hydrogen-bond donors (Lipinski definition) is 0. The van der Waals surface area contributed by atoms with Gasteiger partial charge in [0, 0.05) is 30.7 Å². The Kier molecular flexibility index (Phi) is 2.63. The molecule has 0 spiro atoms. The van der Waals surface area contributed by atoms with Crippen molar-refractivity contribution in [2.24, 2.45) is 5.92 Å². The molecule has 0 bridgehead atoms. The summed E-state index contributed by atoms with van der Waals surface area (Å²) in [6.07, 6.45) is 2.68. The summed E-state index contributed by atoms with van der Waals surface area (Å²) in [6, 6.07) is 2.05. The third kappa shape index (κ3) is 1.84. The number of rotatable bonds is 2. The normalized spacial score (nSPS) is 20.4. The van der Waals surface area contributed by atoms with Crippen molar-refractivity contribution in [3.8, 4) is 0 Å². The maximum absolute atomic E-state index is 5.92. The first kappa shape index (κ1) is 10.8. The van der Waals surface area contributed by atoms with Crippen molar-refractivity contribution in [1.82, 2.24) is 19.6 Å². The molecule has 0 radical (unpaired) electrons.